The molecular formula is C100H183N5O6. The number of likely N-dealkylation sites (tertiary alicyclic amines) is 1. The van der Waals surface area contributed by atoms with Gasteiger partial charge in [-0.15, -0.1) is 0 Å². The van der Waals surface area contributed by atoms with Crippen molar-refractivity contribution < 1.29 is 28.6 Å². The van der Waals surface area contributed by atoms with Crippen molar-refractivity contribution in [3.63, 3.8) is 0 Å². The van der Waals surface area contributed by atoms with Crippen LogP contribution >= 0.6 is 0 Å². The molecular weight excluding hydrogens is 1370 g/mol. The Morgan fingerprint density at radius 3 is 1.18 bits per heavy atom. The van der Waals surface area contributed by atoms with Crippen LogP contribution in [0, 0.1) is 73.4 Å². The first-order valence-electron chi connectivity index (χ1n) is 43.2. The molecule has 2 saturated heterocycles. The van der Waals surface area contributed by atoms with Crippen LogP contribution in [0.5, 0.6) is 0 Å². The number of hydrogen-bond donors (Lipinski definition) is 2. The first kappa shape index (κ1) is 110. The third kappa shape index (κ3) is 67.2. The van der Waals surface area contributed by atoms with Gasteiger partial charge in [-0.3, -0.25) is 25.0 Å². The van der Waals surface area contributed by atoms with E-state index in [1.165, 1.54) is 133 Å². The molecule has 3 saturated carbocycles. The van der Waals surface area contributed by atoms with Crippen LogP contribution in [-0.2, 0) is 38.0 Å². The Bertz CT molecular complexity index is 2840. The Morgan fingerprint density at radius 1 is 0.505 bits per heavy atom. The second-order valence-electron chi connectivity index (χ2n) is 45.9. The van der Waals surface area contributed by atoms with Gasteiger partial charge in [-0.25, -0.2) is 9.78 Å². The van der Waals surface area contributed by atoms with E-state index in [-0.39, 0.29) is 33.4 Å². The molecule has 5 heterocycles. The van der Waals surface area contributed by atoms with Gasteiger partial charge in [-0.2, -0.15) is 0 Å². The van der Waals surface area contributed by atoms with Crippen molar-refractivity contribution in [1.29, 1.82) is 0 Å². The van der Waals surface area contributed by atoms with Gasteiger partial charge in [-0.1, -0.05) is 329 Å². The number of pyridine rings is 2. The third-order valence-electron chi connectivity index (χ3n) is 19.0. The molecule has 9 rings (SSSR count). The van der Waals surface area contributed by atoms with Crippen LogP contribution in [-0.4, -0.2) is 74.1 Å². The lowest BCUT2D eigenvalue weighted by Gasteiger charge is -2.31. The lowest BCUT2D eigenvalue weighted by molar-refractivity contribution is -0.127. The average molecular weight is 1550 g/mol. The maximum absolute atomic E-state index is 11.0. The highest BCUT2D eigenvalue weighted by Gasteiger charge is 2.41. The van der Waals surface area contributed by atoms with Crippen molar-refractivity contribution in [2.75, 3.05) is 19.7 Å². The highest BCUT2D eigenvalue weighted by Crippen LogP contribution is 2.41. The molecule has 0 spiro atoms. The van der Waals surface area contributed by atoms with Crippen molar-refractivity contribution in [1.82, 2.24) is 25.2 Å². The van der Waals surface area contributed by atoms with Crippen molar-refractivity contribution >= 4 is 17.8 Å². The number of imide groups is 1. The van der Waals surface area contributed by atoms with E-state index in [0.717, 1.165) is 48.6 Å². The zero-order valence-corrected chi connectivity index (χ0v) is 80.4. The molecule has 11 heteroatoms. The fourth-order valence-corrected chi connectivity index (χ4v) is 12.7. The number of nitrogens with one attached hydrogen (secondary N) is 1. The number of nitrogens with zero attached hydrogens (tertiary/aromatic N) is 4. The minimum atomic E-state index is -0.644. The Kier molecular flexibility index (Phi) is 51.1. The first-order chi connectivity index (χ1) is 50.1. The van der Waals surface area contributed by atoms with E-state index in [2.05, 4.69) is 316 Å². The molecule has 11 nitrogen and oxygen atoms in total. The van der Waals surface area contributed by atoms with Crippen LogP contribution in [0.4, 0.5) is 4.79 Å². The van der Waals surface area contributed by atoms with Gasteiger partial charge in [0.25, 0.3) is 5.91 Å². The second-order valence-corrected chi connectivity index (χ2v) is 45.9. The summed E-state index contributed by atoms with van der Waals surface area (Å²) in [7, 11) is 0. The normalized spacial score (nSPS) is 16.5. The summed E-state index contributed by atoms with van der Waals surface area (Å²) >= 11 is 0. The molecule has 2 aliphatic heterocycles. The Balaban J connectivity index is -0.00000115. The third-order valence-corrected chi connectivity index (χ3v) is 19.0. The van der Waals surface area contributed by atoms with E-state index in [4.69, 9.17) is 14.3 Å². The van der Waals surface area contributed by atoms with Gasteiger partial charge in [0.15, 0.2) is 12.0 Å². The van der Waals surface area contributed by atoms with E-state index in [0.29, 0.717) is 56.5 Å². The molecule has 111 heavy (non-hydrogen) atoms. The number of benzene rings is 1. The number of cyclic esters (lactones) is 1. The van der Waals surface area contributed by atoms with E-state index in [1.807, 2.05) is 45.4 Å². The summed E-state index contributed by atoms with van der Waals surface area (Å²) in [5, 5.41) is 10.5. The lowest BCUT2D eigenvalue weighted by Crippen LogP contribution is -2.38. The van der Waals surface area contributed by atoms with Gasteiger partial charge >= 0.3 is 6.09 Å². The summed E-state index contributed by atoms with van der Waals surface area (Å²) in [4.78, 5) is 47.0. The number of hydrogen-bond acceptors (Lipinski definition) is 10. The first-order valence-corrected chi connectivity index (χ1v) is 43.2. The summed E-state index contributed by atoms with van der Waals surface area (Å²) in [5.74, 6) is 3.84. The van der Waals surface area contributed by atoms with Crippen molar-refractivity contribution in [2.45, 2.75) is 421 Å². The monoisotopic (exact) mass is 1550 g/mol. The predicted molar refractivity (Wildman–Crippen MR) is 483 cm³/mol. The highest BCUT2D eigenvalue weighted by molar-refractivity contribution is 6.00. The van der Waals surface area contributed by atoms with Gasteiger partial charge in [0.1, 0.15) is 12.0 Å². The van der Waals surface area contributed by atoms with Crippen LogP contribution in [0.15, 0.2) is 90.1 Å². The number of aryl methyl sites for hydroxylation is 1. The number of unbranched alkanes of at least 4 members (excludes halogenated alkanes) is 1. The summed E-state index contributed by atoms with van der Waals surface area (Å²) in [6.45, 7) is 88.0. The van der Waals surface area contributed by atoms with E-state index < -0.39 is 12.2 Å². The van der Waals surface area contributed by atoms with Gasteiger partial charge in [0.05, 0.1) is 6.20 Å². The summed E-state index contributed by atoms with van der Waals surface area (Å²) in [6.07, 6.45) is 34.6. The minimum Gasteiger partial charge on any atom is -0.448 e. The summed E-state index contributed by atoms with van der Waals surface area (Å²) < 4.78 is 9.83. The van der Waals surface area contributed by atoms with Crippen molar-refractivity contribution in [2.24, 2.45) is 66.5 Å². The molecule has 2 N–H and O–H groups in total. The molecule has 644 valence electrons. The molecule has 0 radical (unpaired) electrons. The molecule has 5 aliphatic rings. The molecule has 1 atom stereocenters. The number of oxazole rings is 1. The number of carbonyl (C=O) groups is 3. The van der Waals surface area contributed by atoms with Gasteiger partial charge < -0.3 is 19.1 Å². The van der Waals surface area contributed by atoms with Crippen LogP contribution < -0.4 is 5.32 Å². The number of amides is 2. The minimum absolute atomic E-state index is 0.0451. The number of carbonyl (C=O) groups excluding carboxylic acids is 3. The average Bonchev–Trinajstić information content (AvgIpc) is 1.71. The molecule has 4 aromatic rings. The van der Waals surface area contributed by atoms with Gasteiger partial charge in [0.2, 0.25) is 0 Å². The number of rotatable bonds is 7. The van der Waals surface area contributed by atoms with Crippen LogP contribution in [0.2, 0.25) is 0 Å². The molecule has 1 unspecified atom stereocenters. The number of Topliss-reactive ketones (excluding diaryl/α,β-unsaturated/α-hetero) is 1. The maximum atomic E-state index is 11.0. The zero-order chi connectivity index (χ0) is 86.9. The van der Waals surface area contributed by atoms with E-state index >= 15 is 0 Å². The number of aliphatic hydroxyl groups is 1. The van der Waals surface area contributed by atoms with Crippen LogP contribution in [0.1, 0.15) is 407 Å². The van der Waals surface area contributed by atoms with Crippen molar-refractivity contribution in [3.8, 4) is 0 Å². The van der Waals surface area contributed by atoms with Crippen LogP contribution in [0.25, 0.3) is 0 Å². The lowest BCUT2D eigenvalue weighted by atomic mass is 9.80. The molecule has 2 amide bonds. The molecule has 3 aromatic heterocycles. The van der Waals surface area contributed by atoms with Gasteiger partial charge in [0, 0.05) is 59.1 Å². The quantitative estimate of drug-likeness (QED) is 0.183. The predicted octanol–water partition coefficient (Wildman–Crippen LogP) is 29.1. The number of ketones is 1. The van der Waals surface area contributed by atoms with E-state index in [1.54, 1.807) is 19.4 Å². The Morgan fingerprint density at radius 2 is 0.964 bits per heavy atom. The summed E-state index contributed by atoms with van der Waals surface area (Å²) in [6, 6.07) is 18.9. The molecule has 3 aliphatic carbocycles. The highest BCUT2D eigenvalue weighted by atomic mass is 16.6. The maximum Gasteiger partial charge on any atom is 0.414 e. The number of aliphatic hydroxyl groups excluding tert-OH is 1. The zero-order valence-electron chi connectivity index (χ0n) is 80.4. The number of alkyl carbamates (subject to hydrolysis) is 1. The van der Waals surface area contributed by atoms with Gasteiger partial charge in [-0.05, 0) is 208 Å². The fraction of sp³-hybridized carbons (Fsp3) is 0.780. The fourth-order valence-electron chi connectivity index (χ4n) is 12.7. The second kappa shape index (κ2) is 51.4. The van der Waals surface area contributed by atoms with E-state index in [9.17, 15) is 14.4 Å². The summed E-state index contributed by atoms with van der Waals surface area (Å²) in [5.41, 5.74) is 8.97. The SMILES string of the molecule is CC(=O)CC(C)(C)C.CC(C)(C)C1CCCC1.CC(C)(C)C1CCCC1.CC(C)(C)C1OC(=O)NC1=O.CC(C)(C)CC1CC1.CC(C)(C)CCO.CC(C)(C)Cc1ccccc1.CC(C)(C)Cc1cccnc1.CC(C)(C)N1CCCC1.CC(C)(C)c1ncco1.CCCCC(C)(C)C.Cc1ccc(C(C)(C)C)nc1. The standard InChI is InChI=1S/C11H16.2C10H15N.2C9H18.C8H17N.C8H16.C8H18.C7H11NO3.C7H11NO.C7H14O.C6H14O/c1-11(2,3)9-10-7-5-4-6-8-10;1-8-5-6-9(11-7-8)10(2,3)4;1-10(2,3)7-9-5-4-6-11-8-9;2*1-9(2,3)8-6-4-5-7-8;1-8(2,3)9-6-4-5-7-9;1-8(2,3)6-7-4-5-7;1-5-6-7-8(2,3)4;1-7(2,3)4-5(9)8-6(10)11-4;1-7(2,3)6-8-4-5-9-6;1-6(8)5-7(2,3)4;1-6(2,3)4-5-7/h4-8H,9H2,1-3H3;5-7H,1-4H3;4-6,8H,7H2,1-3H3;2*8H,4-7H2,1-3H3;4-7H2,1-3H3;7H,4-6H2,1-3H3;5-7H2,1-4H3;4H,1-3H3,(H,8,9,10);4-5H,1-3H3;5H2,1-4H3;7H,4-5H2,1-3H3. The Labute approximate surface area is 688 Å². The smallest absolute Gasteiger partial charge is 0.414 e. The largest absolute Gasteiger partial charge is 0.448 e. The number of aromatic nitrogens is 3. The van der Waals surface area contributed by atoms with Crippen molar-refractivity contribution in [3.05, 3.63) is 114 Å². The molecule has 5 fully saturated rings. The Hall–Kier alpha value is -4.74. The molecule has 1 aromatic carbocycles. The topological polar surface area (TPSA) is 148 Å². The molecule has 0 bridgehead atoms. The van der Waals surface area contributed by atoms with Crippen LogP contribution in [0.3, 0.4) is 0 Å². The number of ether oxygens (including phenoxy) is 1.